The molecule has 1 rings (SSSR count). The van der Waals surface area contributed by atoms with E-state index in [-0.39, 0.29) is 6.67 Å². The number of thioether (sulfide) groups is 1. The Labute approximate surface area is 72.3 Å². The molecule has 0 spiro atoms. The number of hydrogen-bond donors (Lipinski definition) is 0. The van der Waals surface area contributed by atoms with Gasteiger partial charge in [-0.3, -0.25) is 4.90 Å². The Hall–Kier alpha value is 0.240. The Bertz CT molecular complexity index is 110. The minimum Gasteiger partial charge on any atom is -0.297 e. The maximum Gasteiger partial charge on any atom is 0.102 e. The van der Waals surface area contributed by atoms with E-state index >= 15 is 0 Å². The summed E-state index contributed by atoms with van der Waals surface area (Å²) in [5.74, 6) is 2.41. The van der Waals surface area contributed by atoms with Crippen LogP contribution in [0.5, 0.6) is 0 Å². The third-order valence-corrected chi connectivity index (χ3v) is 3.19. The number of alkyl halides is 1. The van der Waals surface area contributed by atoms with Crippen molar-refractivity contribution in [3.8, 4) is 0 Å². The molecule has 1 heterocycles. The molecule has 0 N–H and O–H groups in total. The molecule has 1 unspecified atom stereocenters. The van der Waals surface area contributed by atoms with Gasteiger partial charge in [-0.2, -0.15) is 11.8 Å². The summed E-state index contributed by atoms with van der Waals surface area (Å²) in [6, 6.07) is 0.584. The molecule has 66 valence electrons. The molecule has 1 aliphatic rings. The first-order valence-electron chi connectivity index (χ1n) is 4.22. The fraction of sp³-hybridized carbons (Fsp3) is 1.00. The van der Waals surface area contributed by atoms with Gasteiger partial charge in [-0.15, -0.1) is 0 Å². The summed E-state index contributed by atoms with van der Waals surface area (Å²) in [4.78, 5) is 2.25. The topological polar surface area (TPSA) is 3.24 Å². The zero-order valence-electron chi connectivity index (χ0n) is 7.05. The summed E-state index contributed by atoms with van der Waals surface area (Å²) in [5.41, 5.74) is 0. The van der Waals surface area contributed by atoms with Crippen molar-refractivity contribution < 1.29 is 4.39 Å². The Balaban J connectivity index is 2.32. The van der Waals surface area contributed by atoms with E-state index in [2.05, 4.69) is 11.8 Å². The molecule has 11 heavy (non-hydrogen) atoms. The monoisotopic (exact) mass is 177 g/mol. The first kappa shape index (κ1) is 9.33. The zero-order valence-corrected chi connectivity index (χ0v) is 7.87. The van der Waals surface area contributed by atoms with Gasteiger partial charge in [0.2, 0.25) is 0 Å². The van der Waals surface area contributed by atoms with Gasteiger partial charge in [-0.05, 0) is 19.1 Å². The quantitative estimate of drug-likeness (QED) is 0.632. The third kappa shape index (κ3) is 2.99. The van der Waals surface area contributed by atoms with Gasteiger partial charge in [0.1, 0.15) is 6.67 Å². The maximum absolute atomic E-state index is 12.0. The second-order valence-electron chi connectivity index (χ2n) is 2.98. The first-order valence-corrected chi connectivity index (χ1v) is 5.38. The lowest BCUT2D eigenvalue weighted by Gasteiger charge is -2.24. The van der Waals surface area contributed by atoms with Crippen molar-refractivity contribution >= 4 is 11.8 Å². The molecular formula is C8H16FNS. The van der Waals surface area contributed by atoms with Crippen LogP contribution in [0, 0.1) is 0 Å². The molecule has 3 heteroatoms. The summed E-state index contributed by atoms with van der Waals surface area (Å²) in [5, 5.41) is 0. The highest BCUT2D eigenvalue weighted by atomic mass is 32.2. The Morgan fingerprint density at radius 2 is 2.36 bits per heavy atom. The summed E-state index contributed by atoms with van der Waals surface area (Å²) in [6.07, 6.45) is 1.21. The molecule has 0 amide bonds. The van der Waals surface area contributed by atoms with Crippen LogP contribution in [-0.4, -0.2) is 42.2 Å². The highest BCUT2D eigenvalue weighted by Gasteiger charge is 2.15. The van der Waals surface area contributed by atoms with Crippen LogP contribution in [0.15, 0.2) is 0 Å². The van der Waals surface area contributed by atoms with Crippen molar-refractivity contribution in [3.63, 3.8) is 0 Å². The first-order chi connectivity index (χ1) is 5.34. The normalized spacial score (nSPS) is 28.4. The van der Waals surface area contributed by atoms with E-state index in [9.17, 15) is 4.39 Å². The largest absolute Gasteiger partial charge is 0.297 e. The molecule has 1 aliphatic heterocycles. The minimum absolute atomic E-state index is 0.199. The molecule has 0 saturated carbocycles. The van der Waals surface area contributed by atoms with Crippen molar-refractivity contribution in [2.45, 2.75) is 19.4 Å². The lowest BCUT2D eigenvalue weighted by Crippen LogP contribution is -2.35. The van der Waals surface area contributed by atoms with Gasteiger partial charge in [-0.25, -0.2) is 4.39 Å². The smallest absolute Gasteiger partial charge is 0.102 e. The SMILES string of the molecule is CC1CCSCCN1CCF. The average Bonchev–Trinajstić information content (AvgIpc) is 2.18. The summed E-state index contributed by atoms with van der Waals surface area (Å²) >= 11 is 1.98. The van der Waals surface area contributed by atoms with Gasteiger partial charge in [0, 0.05) is 24.9 Å². The van der Waals surface area contributed by atoms with Gasteiger partial charge < -0.3 is 0 Å². The number of nitrogens with zero attached hydrogens (tertiary/aromatic N) is 1. The van der Waals surface area contributed by atoms with Gasteiger partial charge in [0.15, 0.2) is 0 Å². The molecule has 0 aromatic carbocycles. The van der Waals surface area contributed by atoms with Gasteiger partial charge >= 0.3 is 0 Å². The van der Waals surface area contributed by atoms with Gasteiger partial charge in [-0.1, -0.05) is 0 Å². The Kier molecular flexibility index (Phi) is 4.23. The van der Waals surface area contributed by atoms with E-state index in [1.165, 1.54) is 17.9 Å². The molecule has 1 fully saturated rings. The second kappa shape index (κ2) is 4.99. The van der Waals surface area contributed by atoms with Crippen LogP contribution in [0.25, 0.3) is 0 Å². The van der Waals surface area contributed by atoms with Gasteiger partial charge in [0.25, 0.3) is 0 Å². The lowest BCUT2D eigenvalue weighted by atomic mass is 10.2. The average molecular weight is 177 g/mol. The maximum atomic E-state index is 12.0. The van der Waals surface area contributed by atoms with E-state index in [0.717, 1.165) is 6.54 Å². The highest BCUT2D eigenvalue weighted by Crippen LogP contribution is 2.15. The summed E-state index contributed by atoms with van der Waals surface area (Å²) in [6.45, 7) is 3.69. The van der Waals surface area contributed by atoms with Crippen LogP contribution in [0.2, 0.25) is 0 Å². The minimum atomic E-state index is -0.199. The van der Waals surface area contributed by atoms with E-state index in [1.807, 2.05) is 11.8 Å². The predicted octanol–water partition coefficient (Wildman–Crippen LogP) is 1.78. The summed E-state index contributed by atoms with van der Waals surface area (Å²) < 4.78 is 12.0. The van der Waals surface area contributed by atoms with E-state index < -0.39 is 0 Å². The van der Waals surface area contributed by atoms with Crippen LogP contribution >= 0.6 is 11.8 Å². The molecule has 1 saturated heterocycles. The second-order valence-corrected chi connectivity index (χ2v) is 4.20. The van der Waals surface area contributed by atoms with Crippen molar-refractivity contribution in [2.75, 3.05) is 31.3 Å². The van der Waals surface area contributed by atoms with E-state index in [0.29, 0.717) is 12.6 Å². The molecule has 0 aliphatic carbocycles. The molecule has 0 aromatic rings. The molecule has 0 radical (unpaired) electrons. The van der Waals surface area contributed by atoms with Crippen molar-refractivity contribution in [1.29, 1.82) is 0 Å². The van der Waals surface area contributed by atoms with Crippen LogP contribution in [0.4, 0.5) is 4.39 Å². The van der Waals surface area contributed by atoms with Crippen molar-refractivity contribution in [2.24, 2.45) is 0 Å². The summed E-state index contributed by atoms with van der Waals surface area (Å²) in [7, 11) is 0. The Morgan fingerprint density at radius 3 is 3.09 bits per heavy atom. The van der Waals surface area contributed by atoms with Crippen LogP contribution < -0.4 is 0 Å². The lowest BCUT2D eigenvalue weighted by molar-refractivity contribution is 0.203. The van der Waals surface area contributed by atoms with Crippen LogP contribution in [0.3, 0.4) is 0 Å². The number of hydrogen-bond acceptors (Lipinski definition) is 2. The highest BCUT2D eigenvalue weighted by molar-refractivity contribution is 7.99. The number of rotatable bonds is 2. The number of halogens is 1. The standard InChI is InChI=1S/C8H16FNS/c1-8-2-6-11-7-5-10(8)4-3-9/h8H,2-7H2,1H3. The molecule has 0 aromatic heterocycles. The molecular weight excluding hydrogens is 161 g/mol. The Morgan fingerprint density at radius 1 is 1.55 bits per heavy atom. The van der Waals surface area contributed by atoms with E-state index in [4.69, 9.17) is 0 Å². The molecule has 0 bridgehead atoms. The predicted molar refractivity (Wildman–Crippen MR) is 49.0 cm³/mol. The van der Waals surface area contributed by atoms with Crippen molar-refractivity contribution in [1.82, 2.24) is 4.90 Å². The fourth-order valence-corrected chi connectivity index (χ4v) is 2.46. The van der Waals surface area contributed by atoms with Crippen molar-refractivity contribution in [3.05, 3.63) is 0 Å². The van der Waals surface area contributed by atoms with E-state index in [1.54, 1.807) is 0 Å². The molecule has 1 nitrogen and oxygen atoms in total. The van der Waals surface area contributed by atoms with Gasteiger partial charge in [0.05, 0.1) is 0 Å². The van der Waals surface area contributed by atoms with Crippen LogP contribution in [0.1, 0.15) is 13.3 Å². The molecule has 1 atom stereocenters. The fourth-order valence-electron chi connectivity index (χ4n) is 1.38. The zero-order chi connectivity index (χ0) is 8.10. The third-order valence-electron chi connectivity index (χ3n) is 2.20. The van der Waals surface area contributed by atoms with Crippen LogP contribution in [-0.2, 0) is 0 Å².